The van der Waals surface area contributed by atoms with Crippen molar-refractivity contribution in [2.75, 3.05) is 0 Å². The third-order valence-electron chi connectivity index (χ3n) is 3.52. The van der Waals surface area contributed by atoms with Gasteiger partial charge in [-0.2, -0.15) is 0 Å². The van der Waals surface area contributed by atoms with Crippen LogP contribution in [0.5, 0.6) is 0 Å². The highest BCUT2D eigenvalue weighted by Crippen LogP contribution is 2.08. The smallest absolute Gasteiger partial charge is 0.332 e. The minimum atomic E-state index is -2.24. The van der Waals surface area contributed by atoms with Crippen LogP contribution in [0.2, 0.25) is 0 Å². The third-order valence-corrected chi connectivity index (χ3v) is 3.52. The van der Waals surface area contributed by atoms with E-state index in [1.165, 1.54) is 11.6 Å². The molecule has 1 atom stereocenters. The van der Waals surface area contributed by atoms with Crippen LogP contribution in [0, 0.1) is 6.92 Å². The van der Waals surface area contributed by atoms with Gasteiger partial charge in [0.05, 0.1) is 7.45 Å². The van der Waals surface area contributed by atoms with Gasteiger partial charge in [0.25, 0.3) is 5.56 Å². The molecule has 7 nitrogen and oxygen atoms in total. The summed E-state index contributed by atoms with van der Waals surface area (Å²) in [7, 11) is 3.22. The molecule has 0 aliphatic rings. The predicted molar refractivity (Wildman–Crippen MR) is 80.5 cm³/mol. The summed E-state index contributed by atoms with van der Waals surface area (Å²) in [4.78, 5) is 29.2. The van der Waals surface area contributed by atoms with Gasteiger partial charge in [0, 0.05) is 23.4 Å². The van der Waals surface area contributed by atoms with Crippen molar-refractivity contribution in [2.45, 2.75) is 45.7 Å². The molecule has 0 fully saturated rings. The second-order valence-electron chi connectivity index (χ2n) is 5.05. The Morgan fingerprint density at radius 1 is 1.33 bits per heavy atom. The van der Waals surface area contributed by atoms with E-state index in [2.05, 4.69) is 4.98 Å². The molecule has 1 N–H and O–H groups in total. The van der Waals surface area contributed by atoms with E-state index in [1.54, 1.807) is 18.5 Å². The van der Waals surface area contributed by atoms with E-state index < -0.39 is 23.7 Å². The summed E-state index contributed by atoms with van der Waals surface area (Å²) < 4.78 is 26.8. The van der Waals surface area contributed by atoms with Gasteiger partial charge in [-0.25, -0.2) is 9.78 Å². The van der Waals surface area contributed by atoms with Gasteiger partial charge in [-0.3, -0.25) is 13.9 Å². The maximum atomic E-state index is 12.6. The Labute approximate surface area is 126 Å². The Morgan fingerprint density at radius 3 is 2.62 bits per heavy atom. The van der Waals surface area contributed by atoms with Crippen molar-refractivity contribution in [3.63, 3.8) is 0 Å². The molecule has 2 aromatic rings. The van der Waals surface area contributed by atoms with Crippen LogP contribution < -0.4 is 11.2 Å². The molecule has 21 heavy (non-hydrogen) atoms. The summed E-state index contributed by atoms with van der Waals surface area (Å²) >= 11 is 0. The van der Waals surface area contributed by atoms with Gasteiger partial charge in [0.2, 0.25) is 0 Å². The summed E-state index contributed by atoms with van der Waals surface area (Å²) in [5.74, 6) is 0.608. The zero-order valence-corrected chi connectivity index (χ0v) is 12.7. The maximum absolute atomic E-state index is 12.6. The Morgan fingerprint density at radius 2 is 2.00 bits per heavy atom. The largest absolute Gasteiger partial charge is 0.393 e. The van der Waals surface area contributed by atoms with Gasteiger partial charge in [-0.05, 0) is 33.1 Å². The van der Waals surface area contributed by atoms with Gasteiger partial charge in [0.15, 0.2) is 11.2 Å². The minimum absolute atomic E-state index is 0.00125. The van der Waals surface area contributed by atoms with Crippen LogP contribution in [-0.2, 0) is 20.6 Å². The highest BCUT2D eigenvalue weighted by molar-refractivity contribution is 5.70. The molecule has 0 radical (unpaired) electrons. The Kier molecular flexibility index (Phi) is 3.27. The van der Waals surface area contributed by atoms with Gasteiger partial charge in [-0.1, -0.05) is 0 Å². The van der Waals surface area contributed by atoms with Crippen LogP contribution in [0.15, 0.2) is 9.59 Å². The topological polar surface area (TPSA) is 82.0 Å². The van der Waals surface area contributed by atoms with E-state index in [-0.39, 0.29) is 19.4 Å². The molecule has 0 saturated heterocycles. The van der Waals surface area contributed by atoms with E-state index in [0.29, 0.717) is 17.0 Å². The highest BCUT2D eigenvalue weighted by atomic mass is 16.3. The lowest BCUT2D eigenvalue weighted by atomic mass is 10.2. The van der Waals surface area contributed by atoms with Crippen molar-refractivity contribution >= 4 is 11.2 Å². The number of fused-ring (bicyclic) bond motifs is 1. The third kappa shape index (κ3) is 2.78. The average molecular weight is 297 g/mol. The second kappa shape index (κ2) is 5.85. The molecule has 2 aromatic heterocycles. The van der Waals surface area contributed by atoms with Crippen molar-refractivity contribution in [3.05, 3.63) is 26.7 Å². The number of aryl methyl sites for hydroxylation is 3. The molecule has 0 aromatic carbocycles. The zero-order chi connectivity index (χ0) is 18.4. The average Bonchev–Trinajstić information content (AvgIpc) is 2.75. The number of aromatic nitrogens is 4. The van der Waals surface area contributed by atoms with Crippen LogP contribution in [0.4, 0.5) is 0 Å². The Bertz CT molecular complexity index is 890. The SMILES string of the molecule is [2H]C([2H])(CCCn1c(=O)c2c(nc(C)n2C)n(C)c1=O)[C@@]([2H])(C)O. The number of aliphatic hydroxyl groups is 1. The molecule has 0 amide bonds. The fourth-order valence-corrected chi connectivity index (χ4v) is 2.26. The van der Waals surface area contributed by atoms with Crippen molar-refractivity contribution in [1.29, 1.82) is 0 Å². The first kappa shape index (κ1) is 11.7. The van der Waals surface area contributed by atoms with Crippen LogP contribution in [0.25, 0.3) is 11.2 Å². The van der Waals surface area contributed by atoms with Crippen molar-refractivity contribution in [2.24, 2.45) is 14.1 Å². The summed E-state index contributed by atoms with van der Waals surface area (Å²) in [5, 5.41) is 9.52. The highest BCUT2D eigenvalue weighted by Gasteiger charge is 2.16. The first-order chi connectivity index (χ1) is 10.9. The van der Waals surface area contributed by atoms with Gasteiger partial charge in [0.1, 0.15) is 5.82 Å². The van der Waals surface area contributed by atoms with Crippen molar-refractivity contribution in [1.82, 2.24) is 18.7 Å². The molecule has 2 heterocycles. The van der Waals surface area contributed by atoms with Gasteiger partial charge >= 0.3 is 5.69 Å². The summed E-state index contributed by atoms with van der Waals surface area (Å²) in [6.07, 6.45) is -4.40. The zero-order valence-electron chi connectivity index (χ0n) is 15.7. The molecule has 0 saturated carbocycles. The molecule has 116 valence electrons. The van der Waals surface area contributed by atoms with E-state index in [0.717, 1.165) is 11.5 Å². The lowest BCUT2D eigenvalue weighted by Gasteiger charge is -2.09. The molecule has 0 spiro atoms. The first-order valence-electron chi connectivity index (χ1n) is 8.23. The number of imidazole rings is 1. The van der Waals surface area contributed by atoms with E-state index >= 15 is 0 Å². The molecule has 0 unspecified atom stereocenters. The lowest BCUT2D eigenvalue weighted by molar-refractivity contribution is 0.180. The molecular weight excluding hydrogens is 272 g/mol. The fraction of sp³-hybridized carbons (Fsp3) is 0.643. The number of nitrogens with zero attached hydrogens (tertiary/aromatic N) is 4. The Balaban J connectivity index is 2.39. The standard InChI is InChI=1S/C14H22N4O3/c1-9(19)7-5-6-8-18-13(20)11-12(17(4)14(18)21)15-10(2)16(11)3/h9,19H,5-8H2,1-4H3/t9-/m1/s1/i7D2,9D. The van der Waals surface area contributed by atoms with Crippen LogP contribution in [0.3, 0.4) is 0 Å². The molecule has 7 heteroatoms. The van der Waals surface area contributed by atoms with Crippen LogP contribution in [0.1, 0.15) is 36.1 Å². The summed E-state index contributed by atoms with van der Waals surface area (Å²) in [5.41, 5.74) is -0.381. The summed E-state index contributed by atoms with van der Waals surface area (Å²) in [6, 6.07) is 0. The monoisotopic (exact) mass is 297 g/mol. The van der Waals surface area contributed by atoms with E-state index in [1.807, 2.05) is 0 Å². The molecule has 0 aliphatic carbocycles. The first-order valence-corrected chi connectivity index (χ1v) is 6.73. The molecular formula is C14H22N4O3. The Hall–Kier alpha value is -1.89. The predicted octanol–water partition coefficient (Wildman–Crippen LogP) is 0.293. The number of hydrogen-bond acceptors (Lipinski definition) is 4. The van der Waals surface area contributed by atoms with Crippen molar-refractivity contribution in [3.8, 4) is 0 Å². The molecule has 0 bridgehead atoms. The fourth-order valence-electron chi connectivity index (χ4n) is 2.26. The normalized spacial score (nSPS) is 17.3. The minimum Gasteiger partial charge on any atom is -0.393 e. The molecule has 2 rings (SSSR count). The number of rotatable bonds is 5. The second-order valence-corrected chi connectivity index (χ2v) is 5.05. The maximum Gasteiger partial charge on any atom is 0.332 e. The van der Waals surface area contributed by atoms with Gasteiger partial charge < -0.3 is 9.67 Å². The lowest BCUT2D eigenvalue weighted by Crippen LogP contribution is -2.39. The van der Waals surface area contributed by atoms with E-state index in [9.17, 15) is 14.7 Å². The quantitative estimate of drug-likeness (QED) is 0.860. The van der Waals surface area contributed by atoms with Crippen LogP contribution >= 0.6 is 0 Å². The summed E-state index contributed by atoms with van der Waals surface area (Å²) in [6.45, 7) is 2.81. The molecule has 0 aliphatic heterocycles. The van der Waals surface area contributed by atoms with Gasteiger partial charge in [-0.15, -0.1) is 0 Å². The van der Waals surface area contributed by atoms with E-state index in [4.69, 9.17) is 4.11 Å². The van der Waals surface area contributed by atoms with Crippen molar-refractivity contribution < 1.29 is 9.22 Å². The van der Waals surface area contributed by atoms with Crippen LogP contribution in [-0.4, -0.2) is 29.9 Å². The number of hydrogen-bond donors (Lipinski definition) is 1.